The Kier molecular flexibility index (Phi) is 3.13. The van der Waals surface area contributed by atoms with E-state index in [0.29, 0.717) is 5.96 Å². The maximum Gasteiger partial charge on any atom is 0.252 e. The number of hydrogen-bond donors (Lipinski definition) is 2. The van der Waals surface area contributed by atoms with Crippen LogP contribution in [0.25, 0.3) is 0 Å². The van der Waals surface area contributed by atoms with Gasteiger partial charge < -0.3 is 5.32 Å². The molecule has 0 saturated carbocycles. The van der Waals surface area contributed by atoms with E-state index in [1.807, 2.05) is 27.7 Å². The molecule has 1 aliphatic rings. The van der Waals surface area contributed by atoms with Crippen LogP contribution in [0, 0.1) is 0 Å². The molecule has 1 amide bonds. The third-order valence-corrected chi connectivity index (χ3v) is 2.62. The molecule has 0 unspecified atom stereocenters. The SMILES string of the molecule is CCC1(CC)NC(=NC(C)C)NC1=O. The number of nitrogens with zero attached hydrogens (tertiary/aromatic N) is 1. The standard InChI is InChI=1S/C10H19N3O/c1-5-10(6-2)8(14)12-9(13-10)11-7(3)4/h7H,5-6H2,1-4H3,(H2,11,12,13,14). The zero-order valence-electron chi connectivity index (χ0n) is 9.35. The highest BCUT2D eigenvalue weighted by Crippen LogP contribution is 2.19. The molecular formula is C10H19N3O. The van der Waals surface area contributed by atoms with Crippen LogP contribution in [0.2, 0.25) is 0 Å². The number of hydrogen-bond acceptors (Lipinski definition) is 2. The van der Waals surface area contributed by atoms with Gasteiger partial charge in [-0.3, -0.25) is 15.1 Å². The molecule has 1 saturated heterocycles. The van der Waals surface area contributed by atoms with Crippen molar-refractivity contribution in [2.75, 3.05) is 0 Å². The normalized spacial score (nSPS) is 22.6. The van der Waals surface area contributed by atoms with Crippen molar-refractivity contribution in [1.29, 1.82) is 0 Å². The Hall–Kier alpha value is -1.06. The van der Waals surface area contributed by atoms with E-state index in [9.17, 15) is 4.79 Å². The number of carbonyl (C=O) groups is 1. The average Bonchev–Trinajstić information content (AvgIpc) is 2.42. The monoisotopic (exact) mass is 197 g/mol. The van der Waals surface area contributed by atoms with E-state index in [0.717, 1.165) is 12.8 Å². The van der Waals surface area contributed by atoms with Crippen LogP contribution >= 0.6 is 0 Å². The Morgan fingerprint density at radius 2 is 1.93 bits per heavy atom. The fraction of sp³-hybridized carbons (Fsp3) is 0.800. The molecule has 80 valence electrons. The molecule has 14 heavy (non-hydrogen) atoms. The van der Waals surface area contributed by atoms with Gasteiger partial charge in [0.25, 0.3) is 5.91 Å². The van der Waals surface area contributed by atoms with Crippen LogP contribution in [-0.4, -0.2) is 23.4 Å². The first-order valence-electron chi connectivity index (χ1n) is 5.21. The summed E-state index contributed by atoms with van der Waals surface area (Å²) >= 11 is 0. The fourth-order valence-electron chi connectivity index (χ4n) is 1.61. The summed E-state index contributed by atoms with van der Waals surface area (Å²) in [4.78, 5) is 16.0. The van der Waals surface area contributed by atoms with Gasteiger partial charge in [0.15, 0.2) is 5.96 Å². The van der Waals surface area contributed by atoms with Gasteiger partial charge >= 0.3 is 0 Å². The van der Waals surface area contributed by atoms with E-state index in [-0.39, 0.29) is 11.9 Å². The number of carbonyl (C=O) groups excluding carboxylic acids is 1. The Morgan fingerprint density at radius 1 is 1.36 bits per heavy atom. The van der Waals surface area contributed by atoms with Gasteiger partial charge in [-0.15, -0.1) is 0 Å². The van der Waals surface area contributed by atoms with Crippen LogP contribution in [0.3, 0.4) is 0 Å². The van der Waals surface area contributed by atoms with Gasteiger partial charge in [0.2, 0.25) is 0 Å². The Labute approximate surface area is 85.2 Å². The maximum atomic E-state index is 11.7. The van der Waals surface area contributed by atoms with Crippen LogP contribution in [-0.2, 0) is 4.79 Å². The maximum absolute atomic E-state index is 11.7. The van der Waals surface area contributed by atoms with Crippen LogP contribution in [0.15, 0.2) is 4.99 Å². The summed E-state index contributed by atoms with van der Waals surface area (Å²) in [7, 11) is 0. The molecule has 0 spiro atoms. The zero-order chi connectivity index (χ0) is 10.8. The van der Waals surface area contributed by atoms with Crippen molar-refractivity contribution < 1.29 is 4.79 Å². The Bertz CT molecular complexity index is 254. The van der Waals surface area contributed by atoms with Gasteiger partial charge in [0.05, 0.1) is 0 Å². The predicted octanol–water partition coefficient (Wildman–Crippen LogP) is 1.03. The van der Waals surface area contributed by atoms with Crippen molar-refractivity contribution in [2.45, 2.75) is 52.1 Å². The first kappa shape index (κ1) is 11.0. The third kappa shape index (κ3) is 1.89. The second-order valence-corrected chi connectivity index (χ2v) is 3.94. The number of aliphatic imine (C=N–C) groups is 1. The van der Waals surface area contributed by atoms with Crippen molar-refractivity contribution in [3.8, 4) is 0 Å². The quantitative estimate of drug-likeness (QED) is 0.710. The van der Waals surface area contributed by atoms with E-state index >= 15 is 0 Å². The molecule has 0 aromatic carbocycles. The smallest absolute Gasteiger partial charge is 0.252 e. The summed E-state index contributed by atoms with van der Waals surface area (Å²) in [6, 6.07) is 0.197. The summed E-state index contributed by atoms with van der Waals surface area (Å²) in [6.07, 6.45) is 1.57. The van der Waals surface area contributed by atoms with Gasteiger partial charge in [0, 0.05) is 6.04 Å². The van der Waals surface area contributed by atoms with Crippen molar-refractivity contribution in [3.05, 3.63) is 0 Å². The second-order valence-electron chi connectivity index (χ2n) is 3.94. The predicted molar refractivity (Wildman–Crippen MR) is 57.2 cm³/mol. The molecule has 0 aliphatic carbocycles. The summed E-state index contributed by atoms with van der Waals surface area (Å²) < 4.78 is 0. The highest BCUT2D eigenvalue weighted by atomic mass is 16.2. The molecule has 2 N–H and O–H groups in total. The minimum absolute atomic E-state index is 0.0434. The van der Waals surface area contributed by atoms with Crippen molar-refractivity contribution >= 4 is 11.9 Å². The highest BCUT2D eigenvalue weighted by Gasteiger charge is 2.41. The molecule has 0 aromatic rings. The second kappa shape index (κ2) is 3.98. The lowest BCUT2D eigenvalue weighted by Crippen LogP contribution is -2.45. The van der Waals surface area contributed by atoms with Gasteiger partial charge in [-0.25, -0.2) is 0 Å². The number of guanidine groups is 1. The average molecular weight is 197 g/mol. The van der Waals surface area contributed by atoms with Gasteiger partial charge in [0.1, 0.15) is 5.54 Å². The lowest BCUT2D eigenvalue weighted by atomic mass is 9.93. The zero-order valence-corrected chi connectivity index (χ0v) is 9.35. The van der Waals surface area contributed by atoms with E-state index in [1.165, 1.54) is 0 Å². The van der Waals surface area contributed by atoms with Crippen molar-refractivity contribution in [1.82, 2.24) is 10.6 Å². The van der Waals surface area contributed by atoms with Crippen LogP contribution in [0.4, 0.5) is 0 Å². The molecule has 1 heterocycles. The van der Waals surface area contributed by atoms with Crippen molar-refractivity contribution in [3.63, 3.8) is 0 Å². The molecule has 0 atom stereocenters. The molecule has 1 aliphatic heterocycles. The van der Waals surface area contributed by atoms with Gasteiger partial charge in [-0.05, 0) is 26.7 Å². The molecule has 0 aromatic heterocycles. The summed E-state index contributed by atoms with van der Waals surface area (Å²) in [6.45, 7) is 7.99. The third-order valence-electron chi connectivity index (χ3n) is 2.62. The van der Waals surface area contributed by atoms with E-state index in [2.05, 4.69) is 15.6 Å². The minimum atomic E-state index is -0.437. The lowest BCUT2D eigenvalue weighted by molar-refractivity contribution is -0.124. The number of rotatable bonds is 3. The molecule has 0 radical (unpaired) electrons. The summed E-state index contributed by atoms with van der Waals surface area (Å²) in [5.41, 5.74) is -0.437. The van der Waals surface area contributed by atoms with Crippen LogP contribution in [0.5, 0.6) is 0 Å². The lowest BCUT2D eigenvalue weighted by Gasteiger charge is -2.22. The minimum Gasteiger partial charge on any atom is -0.342 e. The Morgan fingerprint density at radius 3 is 2.29 bits per heavy atom. The molecule has 1 rings (SSSR count). The van der Waals surface area contributed by atoms with Crippen LogP contribution < -0.4 is 10.6 Å². The largest absolute Gasteiger partial charge is 0.342 e. The Balaban J connectivity index is 2.82. The summed E-state index contributed by atoms with van der Waals surface area (Å²) in [5.74, 6) is 0.663. The fourth-order valence-corrected chi connectivity index (χ4v) is 1.61. The first-order chi connectivity index (χ1) is 6.54. The van der Waals surface area contributed by atoms with E-state index in [1.54, 1.807) is 0 Å². The van der Waals surface area contributed by atoms with Gasteiger partial charge in [-0.2, -0.15) is 0 Å². The highest BCUT2D eigenvalue weighted by molar-refractivity contribution is 6.09. The van der Waals surface area contributed by atoms with Crippen LogP contribution in [0.1, 0.15) is 40.5 Å². The molecule has 4 nitrogen and oxygen atoms in total. The van der Waals surface area contributed by atoms with Gasteiger partial charge in [-0.1, -0.05) is 13.8 Å². The number of nitrogens with one attached hydrogen (secondary N) is 2. The molecule has 4 heteroatoms. The number of amides is 1. The molecular weight excluding hydrogens is 178 g/mol. The first-order valence-corrected chi connectivity index (χ1v) is 5.21. The molecule has 0 bridgehead atoms. The van der Waals surface area contributed by atoms with E-state index in [4.69, 9.17) is 0 Å². The molecule has 1 fully saturated rings. The van der Waals surface area contributed by atoms with E-state index < -0.39 is 5.54 Å². The topological polar surface area (TPSA) is 53.5 Å². The van der Waals surface area contributed by atoms with Crippen molar-refractivity contribution in [2.24, 2.45) is 4.99 Å². The summed E-state index contributed by atoms with van der Waals surface area (Å²) in [5, 5.41) is 5.95.